The summed E-state index contributed by atoms with van der Waals surface area (Å²) >= 11 is 0. The number of ether oxygens (including phenoxy) is 1. The van der Waals surface area contributed by atoms with Crippen molar-refractivity contribution in [2.75, 3.05) is 39.3 Å². The third-order valence-electron chi connectivity index (χ3n) is 5.19. The fourth-order valence-electron chi connectivity index (χ4n) is 3.49. The van der Waals surface area contributed by atoms with Gasteiger partial charge in [0, 0.05) is 37.3 Å². The van der Waals surface area contributed by atoms with Gasteiger partial charge in [-0.1, -0.05) is 18.2 Å². The lowest BCUT2D eigenvalue weighted by Gasteiger charge is -2.33. The van der Waals surface area contributed by atoms with Gasteiger partial charge in [-0.15, -0.1) is 0 Å². The number of likely N-dealkylation sites (N-methyl/N-ethyl adjacent to an activating group) is 1. The summed E-state index contributed by atoms with van der Waals surface area (Å²) in [5.41, 5.74) is 8.31. The van der Waals surface area contributed by atoms with Crippen LogP contribution in [0, 0.1) is 0 Å². The van der Waals surface area contributed by atoms with Crippen molar-refractivity contribution in [3.8, 4) is 11.3 Å². The lowest BCUT2D eigenvalue weighted by Crippen LogP contribution is -2.45. The lowest BCUT2D eigenvalue weighted by atomic mass is 10.1. The zero-order valence-corrected chi connectivity index (χ0v) is 17.0. The minimum atomic E-state index is -0.451. The molecule has 1 aromatic carbocycles. The SMILES string of the molecule is CCN(CC)C(=O)CN1CCOC(c2cccc(-c3ccc(C(N)=O)cc3)n2)C1. The van der Waals surface area contributed by atoms with Gasteiger partial charge in [-0.25, -0.2) is 0 Å². The van der Waals surface area contributed by atoms with Crippen LogP contribution in [0.3, 0.4) is 0 Å². The second kappa shape index (κ2) is 9.62. The maximum atomic E-state index is 12.4. The quantitative estimate of drug-likeness (QED) is 0.774. The van der Waals surface area contributed by atoms with Gasteiger partial charge in [0.15, 0.2) is 0 Å². The van der Waals surface area contributed by atoms with Crippen LogP contribution in [0.1, 0.15) is 36.0 Å². The molecule has 2 aromatic rings. The van der Waals surface area contributed by atoms with E-state index >= 15 is 0 Å². The number of pyridine rings is 1. The molecule has 1 aliphatic rings. The number of nitrogens with zero attached hydrogens (tertiary/aromatic N) is 3. The van der Waals surface area contributed by atoms with Crippen molar-refractivity contribution in [1.82, 2.24) is 14.8 Å². The second-order valence-corrected chi connectivity index (χ2v) is 7.05. The van der Waals surface area contributed by atoms with Crippen molar-refractivity contribution in [3.63, 3.8) is 0 Å². The number of benzene rings is 1. The zero-order valence-electron chi connectivity index (χ0n) is 17.0. The molecule has 154 valence electrons. The summed E-state index contributed by atoms with van der Waals surface area (Å²) in [6, 6.07) is 12.9. The molecule has 2 N–H and O–H groups in total. The van der Waals surface area contributed by atoms with Crippen LogP contribution in [0.2, 0.25) is 0 Å². The van der Waals surface area contributed by atoms with Crippen LogP contribution >= 0.6 is 0 Å². The highest BCUT2D eigenvalue weighted by Crippen LogP contribution is 2.24. The Bertz CT molecular complexity index is 849. The predicted octanol–water partition coefficient (Wildman–Crippen LogP) is 2.09. The molecule has 2 heterocycles. The first-order chi connectivity index (χ1) is 14.0. The number of morpholine rings is 1. The normalized spacial score (nSPS) is 17.1. The summed E-state index contributed by atoms with van der Waals surface area (Å²) < 4.78 is 5.94. The molecule has 7 nitrogen and oxygen atoms in total. The van der Waals surface area contributed by atoms with Crippen LogP contribution in [0.4, 0.5) is 0 Å². The van der Waals surface area contributed by atoms with Crippen LogP contribution in [-0.4, -0.2) is 65.9 Å². The fraction of sp³-hybridized carbons (Fsp3) is 0.409. The van der Waals surface area contributed by atoms with E-state index in [0.29, 0.717) is 25.3 Å². The first-order valence-electron chi connectivity index (χ1n) is 10.0. The summed E-state index contributed by atoms with van der Waals surface area (Å²) in [4.78, 5) is 32.4. The van der Waals surface area contributed by atoms with Gasteiger partial charge in [-0.2, -0.15) is 0 Å². The molecule has 1 aliphatic heterocycles. The molecular weight excluding hydrogens is 368 g/mol. The Kier molecular flexibility index (Phi) is 6.95. The van der Waals surface area contributed by atoms with E-state index < -0.39 is 5.91 Å². The van der Waals surface area contributed by atoms with Gasteiger partial charge in [0.1, 0.15) is 6.10 Å². The van der Waals surface area contributed by atoms with Gasteiger partial charge in [0.25, 0.3) is 0 Å². The average Bonchev–Trinajstić information content (AvgIpc) is 2.75. The fourth-order valence-corrected chi connectivity index (χ4v) is 3.49. The average molecular weight is 396 g/mol. The highest BCUT2D eigenvalue weighted by Gasteiger charge is 2.25. The van der Waals surface area contributed by atoms with Crippen molar-refractivity contribution >= 4 is 11.8 Å². The van der Waals surface area contributed by atoms with E-state index in [9.17, 15) is 9.59 Å². The Morgan fingerprint density at radius 2 is 1.90 bits per heavy atom. The molecule has 1 unspecified atom stereocenters. The molecule has 0 radical (unpaired) electrons. The first kappa shape index (κ1) is 21.0. The van der Waals surface area contributed by atoms with Gasteiger partial charge in [0.05, 0.1) is 24.5 Å². The Morgan fingerprint density at radius 1 is 1.17 bits per heavy atom. The largest absolute Gasteiger partial charge is 0.369 e. The number of rotatable bonds is 7. The van der Waals surface area contributed by atoms with Crippen LogP contribution in [0.25, 0.3) is 11.3 Å². The van der Waals surface area contributed by atoms with Gasteiger partial charge in [0.2, 0.25) is 11.8 Å². The van der Waals surface area contributed by atoms with E-state index in [0.717, 1.165) is 36.6 Å². The Balaban J connectivity index is 1.71. The van der Waals surface area contributed by atoms with Crippen LogP contribution in [0.5, 0.6) is 0 Å². The molecule has 1 fully saturated rings. The van der Waals surface area contributed by atoms with Crippen molar-refractivity contribution in [1.29, 1.82) is 0 Å². The number of hydrogen-bond donors (Lipinski definition) is 1. The molecule has 0 spiro atoms. The van der Waals surface area contributed by atoms with Crippen molar-refractivity contribution < 1.29 is 14.3 Å². The highest BCUT2D eigenvalue weighted by molar-refractivity contribution is 5.93. The number of amides is 2. The summed E-state index contributed by atoms with van der Waals surface area (Å²) in [5.74, 6) is -0.305. The summed E-state index contributed by atoms with van der Waals surface area (Å²) in [6.45, 7) is 7.76. The van der Waals surface area contributed by atoms with Gasteiger partial charge < -0.3 is 15.4 Å². The van der Waals surface area contributed by atoms with Crippen LogP contribution in [-0.2, 0) is 9.53 Å². The Hall–Kier alpha value is -2.77. The van der Waals surface area contributed by atoms with Crippen LogP contribution < -0.4 is 5.73 Å². The number of nitrogens with two attached hydrogens (primary N) is 1. The third-order valence-corrected chi connectivity index (χ3v) is 5.19. The number of carbonyl (C=O) groups excluding carboxylic acids is 2. The minimum absolute atomic E-state index is 0.145. The molecule has 1 saturated heterocycles. The first-order valence-corrected chi connectivity index (χ1v) is 10.0. The molecular formula is C22H28N4O3. The maximum absolute atomic E-state index is 12.4. The molecule has 1 aromatic heterocycles. The molecule has 2 amide bonds. The smallest absolute Gasteiger partial charge is 0.248 e. The molecule has 7 heteroatoms. The van der Waals surface area contributed by atoms with Gasteiger partial charge >= 0.3 is 0 Å². The number of primary amides is 1. The van der Waals surface area contributed by atoms with Crippen LogP contribution in [0.15, 0.2) is 42.5 Å². The number of carbonyl (C=O) groups is 2. The van der Waals surface area contributed by atoms with Crippen molar-refractivity contribution in [2.45, 2.75) is 20.0 Å². The summed E-state index contributed by atoms with van der Waals surface area (Å²) in [6.07, 6.45) is -0.182. The molecule has 29 heavy (non-hydrogen) atoms. The van der Waals surface area contributed by atoms with E-state index in [-0.39, 0.29) is 12.0 Å². The van der Waals surface area contributed by atoms with E-state index in [4.69, 9.17) is 15.5 Å². The summed E-state index contributed by atoms with van der Waals surface area (Å²) in [7, 11) is 0. The molecule has 0 aliphatic carbocycles. The summed E-state index contributed by atoms with van der Waals surface area (Å²) in [5, 5.41) is 0. The standard InChI is InChI=1S/C22H28N4O3/c1-3-26(4-2)21(27)15-25-12-13-29-20(14-25)19-7-5-6-18(24-19)16-8-10-17(11-9-16)22(23)28/h5-11,20H,3-4,12-15H2,1-2H3,(H2,23,28). The predicted molar refractivity (Wildman–Crippen MR) is 111 cm³/mol. The minimum Gasteiger partial charge on any atom is -0.369 e. The van der Waals surface area contributed by atoms with Gasteiger partial charge in [-0.05, 0) is 38.1 Å². The Morgan fingerprint density at radius 3 is 2.55 bits per heavy atom. The van der Waals surface area contributed by atoms with E-state index in [1.54, 1.807) is 12.1 Å². The maximum Gasteiger partial charge on any atom is 0.248 e. The molecule has 0 bridgehead atoms. The zero-order chi connectivity index (χ0) is 20.8. The number of aromatic nitrogens is 1. The van der Waals surface area contributed by atoms with E-state index in [1.807, 2.05) is 49.1 Å². The van der Waals surface area contributed by atoms with E-state index in [1.165, 1.54) is 0 Å². The monoisotopic (exact) mass is 396 g/mol. The topological polar surface area (TPSA) is 88.8 Å². The third kappa shape index (κ3) is 5.19. The van der Waals surface area contributed by atoms with Gasteiger partial charge in [-0.3, -0.25) is 19.5 Å². The molecule has 0 saturated carbocycles. The molecule has 3 rings (SSSR count). The van der Waals surface area contributed by atoms with E-state index in [2.05, 4.69) is 4.90 Å². The second-order valence-electron chi connectivity index (χ2n) is 7.05. The highest BCUT2D eigenvalue weighted by atomic mass is 16.5. The lowest BCUT2D eigenvalue weighted by molar-refractivity contribution is -0.134. The van der Waals surface area contributed by atoms with Crippen molar-refractivity contribution in [3.05, 3.63) is 53.7 Å². The Labute approximate surface area is 171 Å². The van der Waals surface area contributed by atoms with Crippen molar-refractivity contribution in [2.24, 2.45) is 5.73 Å². The molecule has 1 atom stereocenters. The number of hydrogen-bond acceptors (Lipinski definition) is 5.